The summed E-state index contributed by atoms with van der Waals surface area (Å²) in [5.41, 5.74) is 10.6. The molecule has 9 aromatic rings. The van der Waals surface area contributed by atoms with Crippen LogP contribution in [0.5, 0.6) is 0 Å². The van der Waals surface area contributed by atoms with E-state index in [-0.39, 0.29) is 0 Å². The molecular weight excluding hydrogens is 599 g/mol. The van der Waals surface area contributed by atoms with Gasteiger partial charge < -0.3 is 4.90 Å². The van der Waals surface area contributed by atoms with Gasteiger partial charge in [-0.25, -0.2) is 0 Å². The first-order valence-electron chi connectivity index (χ1n) is 16.3. The van der Waals surface area contributed by atoms with Crippen molar-refractivity contribution in [1.82, 2.24) is 0 Å². The van der Waals surface area contributed by atoms with E-state index in [0.29, 0.717) is 0 Å². The zero-order valence-electron chi connectivity index (χ0n) is 26.3. The van der Waals surface area contributed by atoms with Crippen LogP contribution in [0.25, 0.3) is 64.3 Å². The number of thiophene rings is 1. The van der Waals surface area contributed by atoms with Crippen LogP contribution in [-0.2, 0) is 0 Å². The number of hydrogen-bond acceptors (Lipinski definition) is 2. The van der Waals surface area contributed by atoms with Gasteiger partial charge in [0.05, 0.1) is 5.69 Å². The summed E-state index contributed by atoms with van der Waals surface area (Å²) in [6.07, 6.45) is 0. The zero-order valence-corrected chi connectivity index (χ0v) is 27.1. The summed E-state index contributed by atoms with van der Waals surface area (Å²) < 4.78 is 2.57. The molecule has 0 spiro atoms. The first-order valence-corrected chi connectivity index (χ1v) is 17.2. The molecule has 0 saturated heterocycles. The van der Waals surface area contributed by atoms with E-state index < -0.39 is 0 Å². The van der Waals surface area contributed by atoms with Gasteiger partial charge >= 0.3 is 0 Å². The van der Waals surface area contributed by atoms with Gasteiger partial charge in [-0.2, -0.15) is 0 Å². The molecule has 226 valence electrons. The molecule has 0 radical (unpaired) electrons. The van der Waals surface area contributed by atoms with Crippen LogP contribution in [-0.4, -0.2) is 0 Å². The van der Waals surface area contributed by atoms with Crippen molar-refractivity contribution in [3.63, 3.8) is 0 Å². The maximum Gasteiger partial charge on any atom is 0.0633 e. The predicted molar refractivity (Wildman–Crippen MR) is 208 cm³/mol. The highest BCUT2D eigenvalue weighted by molar-refractivity contribution is 7.26. The standard InChI is InChI=1S/C46H31NS/c1-3-13-32(14-4-1)36-19-11-21-39(30-36)47(40-22-12-20-37(31-40)33-15-5-2-6-16-33)46-41(38-26-25-34-17-7-8-18-35(34)29-38)27-28-44-45(46)42-23-9-10-24-43(42)48-44/h1-31H. The van der Waals surface area contributed by atoms with Crippen molar-refractivity contribution in [3.8, 4) is 33.4 Å². The molecular formula is C46H31NS. The minimum Gasteiger partial charge on any atom is -0.309 e. The van der Waals surface area contributed by atoms with Gasteiger partial charge in [0.25, 0.3) is 0 Å². The number of hydrogen-bond donors (Lipinski definition) is 0. The lowest BCUT2D eigenvalue weighted by atomic mass is 9.95. The molecule has 0 atom stereocenters. The van der Waals surface area contributed by atoms with Crippen molar-refractivity contribution in [2.75, 3.05) is 4.90 Å². The van der Waals surface area contributed by atoms with E-state index in [2.05, 4.69) is 193 Å². The fourth-order valence-corrected chi connectivity index (χ4v) is 8.05. The molecule has 0 amide bonds. The average molecular weight is 630 g/mol. The predicted octanol–water partition coefficient (Wildman–Crippen LogP) is 13.7. The maximum atomic E-state index is 2.49. The Labute approximate surface area is 284 Å². The van der Waals surface area contributed by atoms with E-state index in [4.69, 9.17) is 0 Å². The minimum atomic E-state index is 1.12. The largest absolute Gasteiger partial charge is 0.309 e. The molecule has 0 aliphatic rings. The summed E-state index contributed by atoms with van der Waals surface area (Å²) in [7, 11) is 0. The second-order valence-corrected chi connectivity index (χ2v) is 13.2. The Morgan fingerprint density at radius 2 is 0.938 bits per heavy atom. The molecule has 0 N–H and O–H groups in total. The van der Waals surface area contributed by atoms with Gasteiger partial charge in [-0.1, -0.05) is 146 Å². The molecule has 1 aromatic heterocycles. The summed E-state index contributed by atoms with van der Waals surface area (Å²) in [6, 6.07) is 68.3. The van der Waals surface area contributed by atoms with E-state index in [0.717, 1.165) is 11.4 Å². The lowest BCUT2D eigenvalue weighted by Gasteiger charge is -2.30. The molecule has 0 saturated carbocycles. The van der Waals surface area contributed by atoms with Crippen molar-refractivity contribution < 1.29 is 0 Å². The SMILES string of the molecule is c1ccc(-c2cccc(N(c3cccc(-c4ccccc4)c3)c3c(-c4ccc5ccccc5c4)ccc4sc5ccccc5c34)c2)cc1. The number of rotatable bonds is 6. The van der Waals surface area contributed by atoms with Crippen LogP contribution in [0, 0.1) is 0 Å². The second kappa shape index (κ2) is 12.0. The molecule has 0 bridgehead atoms. The third-order valence-electron chi connectivity index (χ3n) is 9.22. The Hall–Kier alpha value is -5.96. The van der Waals surface area contributed by atoms with Crippen molar-refractivity contribution in [1.29, 1.82) is 0 Å². The third kappa shape index (κ3) is 5.04. The molecule has 8 aromatic carbocycles. The summed E-state index contributed by atoms with van der Waals surface area (Å²) in [5.74, 6) is 0. The summed E-state index contributed by atoms with van der Waals surface area (Å²) in [6.45, 7) is 0. The summed E-state index contributed by atoms with van der Waals surface area (Å²) in [5, 5.41) is 5.03. The smallest absolute Gasteiger partial charge is 0.0633 e. The van der Waals surface area contributed by atoms with Crippen molar-refractivity contribution in [3.05, 3.63) is 188 Å². The van der Waals surface area contributed by atoms with Gasteiger partial charge in [-0.3, -0.25) is 0 Å². The van der Waals surface area contributed by atoms with E-state index in [1.54, 1.807) is 0 Å². The van der Waals surface area contributed by atoms with Gasteiger partial charge in [0.15, 0.2) is 0 Å². The molecule has 0 fully saturated rings. The normalized spacial score (nSPS) is 11.3. The molecule has 0 aliphatic heterocycles. The fraction of sp³-hybridized carbons (Fsp3) is 0. The van der Waals surface area contributed by atoms with Crippen LogP contribution in [0.4, 0.5) is 17.1 Å². The van der Waals surface area contributed by atoms with Gasteiger partial charge in [0.1, 0.15) is 0 Å². The van der Waals surface area contributed by atoms with Crippen LogP contribution in [0.2, 0.25) is 0 Å². The van der Waals surface area contributed by atoms with Gasteiger partial charge in [-0.05, 0) is 81.1 Å². The summed E-state index contributed by atoms with van der Waals surface area (Å²) >= 11 is 1.86. The first-order chi connectivity index (χ1) is 23.8. The topological polar surface area (TPSA) is 3.24 Å². The van der Waals surface area contributed by atoms with E-state index in [9.17, 15) is 0 Å². The minimum absolute atomic E-state index is 1.12. The Morgan fingerprint density at radius 3 is 1.62 bits per heavy atom. The quantitative estimate of drug-likeness (QED) is 0.177. The van der Waals surface area contributed by atoms with Crippen LogP contribution < -0.4 is 4.90 Å². The Morgan fingerprint density at radius 1 is 0.354 bits per heavy atom. The van der Waals surface area contributed by atoms with Crippen molar-refractivity contribution >= 4 is 59.3 Å². The third-order valence-corrected chi connectivity index (χ3v) is 10.4. The molecule has 48 heavy (non-hydrogen) atoms. The number of anilines is 3. The van der Waals surface area contributed by atoms with Crippen LogP contribution in [0.15, 0.2) is 188 Å². The monoisotopic (exact) mass is 629 g/mol. The van der Waals surface area contributed by atoms with Gasteiger partial charge in [0.2, 0.25) is 0 Å². The molecule has 0 unspecified atom stereocenters. The lowest BCUT2D eigenvalue weighted by molar-refractivity contribution is 1.30. The van der Waals surface area contributed by atoms with Crippen LogP contribution in [0.1, 0.15) is 0 Å². The van der Waals surface area contributed by atoms with Crippen molar-refractivity contribution in [2.45, 2.75) is 0 Å². The maximum absolute atomic E-state index is 2.49. The molecule has 2 heteroatoms. The highest BCUT2D eigenvalue weighted by Gasteiger charge is 2.24. The Balaban J connectivity index is 1.38. The molecule has 9 rings (SSSR count). The molecule has 1 nitrogen and oxygen atoms in total. The molecule has 0 aliphatic carbocycles. The zero-order chi connectivity index (χ0) is 31.9. The van der Waals surface area contributed by atoms with E-state index in [1.165, 1.54) is 70.0 Å². The van der Waals surface area contributed by atoms with Crippen LogP contribution in [0.3, 0.4) is 0 Å². The first kappa shape index (κ1) is 28.3. The van der Waals surface area contributed by atoms with E-state index in [1.807, 2.05) is 11.3 Å². The van der Waals surface area contributed by atoms with E-state index >= 15 is 0 Å². The number of benzene rings is 8. The number of nitrogens with zero attached hydrogens (tertiary/aromatic N) is 1. The molecule has 1 heterocycles. The Kier molecular flexibility index (Phi) is 7.07. The Bertz CT molecular complexity index is 2480. The number of fused-ring (bicyclic) bond motifs is 4. The highest BCUT2D eigenvalue weighted by atomic mass is 32.1. The van der Waals surface area contributed by atoms with Crippen molar-refractivity contribution in [2.24, 2.45) is 0 Å². The summed E-state index contributed by atoms with van der Waals surface area (Å²) in [4.78, 5) is 2.49. The van der Waals surface area contributed by atoms with Gasteiger partial charge in [0, 0.05) is 37.1 Å². The second-order valence-electron chi connectivity index (χ2n) is 12.2. The highest BCUT2D eigenvalue weighted by Crippen LogP contribution is 2.50. The fourth-order valence-electron chi connectivity index (χ4n) is 6.94. The average Bonchev–Trinajstić information content (AvgIpc) is 3.55. The van der Waals surface area contributed by atoms with Crippen LogP contribution >= 0.6 is 11.3 Å². The lowest BCUT2D eigenvalue weighted by Crippen LogP contribution is -2.12. The van der Waals surface area contributed by atoms with Gasteiger partial charge in [-0.15, -0.1) is 11.3 Å².